The second-order valence-corrected chi connectivity index (χ2v) is 7.15. The van der Waals surface area contributed by atoms with Crippen LogP contribution in [-0.4, -0.2) is 34.1 Å². The molecule has 0 saturated heterocycles. The highest BCUT2D eigenvalue weighted by atomic mass is 35.5. The molecule has 0 amide bonds. The highest BCUT2D eigenvalue weighted by molar-refractivity contribution is 7.89. The van der Waals surface area contributed by atoms with E-state index in [0.717, 1.165) is 0 Å². The van der Waals surface area contributed by atoms with Gasteiger partial charge in [0, 0.05) is 11.6 Å². The van der Waals surface area contributed by atoms with Gasteiger partial charge < -0.3 is 9.47 Å². The molecule has 0 saturated carbocycles. The van der Waals surface area contributed by atoms with E-state index in [0.29, 0.717) is 10.8 Å². The van der Waals surface area contributed by atoms with Gasteiger partial charge in [-0.15, -0.1) is 0 Å². The second-order valence-electron chi connectivity index (χ2n) is 4.95. The van der Waals surface area contributed by atoms with Crippen LogP contribution >= 0.6 is 11.6 Å². The van der Waals surface area contributed by atoms with Gasteiger partial charge in [0.05, 0.1) is 17.1 Å². The number of nitrogens with one attached hydrogen (secondary N) is 1. The molecule has 1 N–H and O–H groups in total. The predicted molar refractivity (Wildman–Crippen MR) is 94.5 cm³/mol. The van der Waals surface area contributed by atoms with E-state index in [1.165, 1.54) is 24.3 Å². The van der Waals surface area contributed by atoms with Gasteiger partial charge in [-0.2, -0.15) is 0 Å². The maximum Gasteiger partial charge on any atom is 0.338 e. The molecule has 0 heterocycles. The van der Waals surface area contributed by atoms with E-state index >= 15 is 0 Å². The molecule has 0 fully saturated rings. The summed E-state index contributed by atoms with van der Waals surface area (Å²) in [7, 11) is -3.75. The zero-order valence-electron chi connectivity index (χ0n) is 13.6. The molecule has 0 unspecified atom stereocenters. The Balaban J connectivity index is 1.93. The van der Waals surface area contributed by atoms with Gasteiger partial charge in [0.1, 0.15) is 12.4 Å². The second kappa shape index (κ2) is 8.84. The number of benzene rings is 2. The average molecular weight is 384 g/mol. The lowest BCUT2D eigenvalue weighted by atomic mass is 10.2. The number of hydrogen-bond donors (Lipinski definition) is 1. The third-order valence-corrected chi connectivity index (χ3v) is 4.84. The highest BCUT2D eigenvalue weighted by Crippen LogP contribution is 2.15. The summed E-state index contributed by atoms with van der Waals surface area (Å²) in [5.74, 6) is 0.0264. The summed E-state index contributed by atoms with van der Waals surface area (Å²) in [6.07, 6.45) is 0. The first-order valence-electron chi connectivity index (χ1n) is 7.57. The van der Waals surface area contributed by atoms with Crippen LogP contribution < -0.4 is 9.46 Å². The Morgan fingerprint density at radius 2 is 1.88 bits per heavy atom. The monoisotopic (exact) mass is 383 g/mol. The number of ether oxygens (including phenoxy) is 2. The fraction of sp³-hybridized carbons (Fsp3) is 0.235. The summed E-state index contributed by atoms with van der Waals surface area (Å²) < 4.78 is 37.3. The molecule has 0 bridgehead atoms. The van der Waals surface area contributed by atoms with Crippen molar-refractivity contribution < 1.29 is 22.7 Å². The summed E-state index contributed by atoms with van der Waals surface area (Å²) in [5, 5.41) is 0.592. The maximum atomic E-state index is 12.3. The normalized spacial score (nSPS) is 11.1. The minimum atomic E-state index is -3.75. The SMILES string of the molecule is CCOC(=O)c1cccc(S(=O)(=O)NCCOc2ccc(Cl)cc2)c1. The van der Waals surface area contributed by atoms with Crippen molar-refractivity contribution in [2.45, 2.75) is 11.8 Å². The number of carbonyl (C=O) groups excluding carboxylic acids is 1. The van der Waals surface area contributed by atoms with Crippen LogP contribution in [0.3, 0.4) is 0 Å². The topological polar surface area (TPSA) is 81.7 Å². The van der Waals surface area contributed by atoms with Crippen LogP contribution in [0.15, 0.2) is 53.4 Å². The van der Waals surface area contributed by atoms with Gasteiger partial charge >= 0.3 is 5.97 Å². The number of esters is 1. The first-order valence-corrected chi connectivity index (χ1v) is 9.43. The third-order valence-electron chi connectivity index (χ3n) is 3.13. The Morgan fingerprint density at radius 3 is 2.56 bits per heavy atom. The van der Waals surface area contributed by atoms with Crippen LogP contribution in [-0.2, 0) is 14.8 Å². The van der Waals surface area contributed by atoms with E-state index in [-0.39, 0.29) is 30.2 Å². The van der Waals surface area contributed by atoms with E-state index in [4.69, 9.17) is 21.1 Å². The van der Waals surface area contributed by atoms with Crippen LogP contribution in [0.4, 0.5) is 0 Å². The van der Waals surface area contributed by atoms with Gasteiger partial charge in [-0.05, 0) is 49.4 Å². The Hall–Kier alpha value is -2.09. The largest absolute Gasteiger partial charge is 0.492 e. The van der Waals surface area contributed by atoms with Crippen molar-refractivity contribution in [2.24, 2.45) is 0 Å². The van der Waals surface area contributed by atoms with Crippen molar-refractivity contribution in [2.75, 3.05) is 19.8 Å². The van der Waals surface area contributed by atoms with Crippen molar-refractivity contribution in [3.05, 3.63) is 59.1 Å². The van der Waals surface area contributed by atoms with Crippen LogP contribution in [0.2, 0.25) is 5.02 Å². The third kappa shape index (κ3) is 5.74. The van der Waals surface area contributed by atoms with E-state index in [2.05, 4.69) is 4.72 Å². The lowest BCUT2D eigenvalue weighted by Crippen LogP contribution is -2.28. The predicted octanol–water partition coefficient (Wildman–Crippen LogP) is 2.87. The molecule has 0 aromatic heterocycles. The molecule has 0 aliphatic rings. The molecule has 0 spiro atoms. The first kappa shape index (κ1) is 19.2. The highest BCUT2D eigenvalue weighted by Gasteiger charge is 2.16. The van der Waals surface area contributed by atoms with E-state index in [1.807, 2.05) is 0 Å². The fourth-order valence-electron chi connectivity index (χ4n) is 1.96. The molecule has 0 atom stereocenters. The van der Waals surface area contributed by atoms with E-state index in [1.54, 1.807) is 31.2 Å². The average Bonchev–Trinajstić information content (AvgIpc) is 2.60. The smallest absolute Gasteiger partial charge is 0.338 e. The number of carbonyl (C=O) groups is 1. The molecule has 6 nitrogen and oxygen atoms in total. The van der Waals surface area contributed by atoms with Crippen LogP contribution in [0.25, 0.3) is 0 Å². The Kier molecular flexibility index (Phi) is 6.81. The number of sulfonamides is 1. The summed E-state index contributed by atoms with van der Waals surface area (Å²) in [6.45, 7) is 2.13. The zero-order valence-corrected chi connectivity index (χ0v) is 15.1. The molecule has 2 aromatic carbocycles. The van der Waals surface area contributed by atoms with Crippen molar-refractivity contribution in [3.8, 4) is 5.75 Å². The van der Waals surface area contributed by atoms with Crippen LogP contribution in [0.1, 0.15) is 17.3 Å². The molecule has 134 valence electrons. The van der Waals surface area contributed by atoms with Crippen LogP contribution in [0.5, 0.6) is 5.75 Å². The van der Waals surface area contributed by atoms with Gasteiger partial charge in [-0.1, -0.05) is 17.7 Å². The number of halogens is 1. The van der Waals surface area contributed by atoms with Gasteiger partial charge in [-0.25, -0.2) is 17.9 Å². The van der Waals surface area contributed by atoms with Gasteiger partial charge in [-0.3, -0.25) is 0 Å². The lowest BCUT2D eigenvalue weighted by Gasteiger charge is -2.09. The summed E-state index contributed by atoms with van der Waals surface area (Å²) in [5.41, 5.74) is 0.183. The molecule has 25 heavy (non-hydrogen) atoms. The van der Waals surface area contributed by atoms with Crippen molar-refractivity contribution >= 4 is 27.6 Å². The Morgan fingerprint density at radius 1 is 1.16 bits per heavy atom. The van der Waals surface area contributed by atoms with E-state index < -0.39 is 16.0 Å². The molecule has 0 aliphatic carbocycles. The number of hydrogen-bond acceptors (Lipinski definition) is 5. The van der Waals surface area contributed by atoms with Gasteiger partial charge in [0.25, 0.3) is 0 Å². The minimum Gasteiger partial charge on any atom is -0.492 e. The molecular weight excluding hydrogens is 366 g/mol. The zero-order chi connectivity index (χ0) is 18.3. The molecule has 2 aromatic rings. The molecule has 2 rings (SSSR count). The maximum absolute atomic E-state index is 12.3. The van der Waals surface area contributed by atoms with Crippen molar-refractivity contribution in [1.29, 1.82) is 0 Å². The standard InChI is InChI=1S/C17H18ClNO5S/c1-2-23-17(20)13-4-3-5-16(12-13)25(21,22)19-10-11-24-15-8-6-14(18)7-9-15/h3-9,12,19H,2,10-11H2,1H3. The van der Waals surface area contributed by atoms with E-state index in [9.17, 15) is 13.2 Å². The molecular formula is C17H18ClNO5S. The lowest BCUT2D eigenvalue weighted by molar-refractivity contribution is 0.0526. The van der Waals surface area contributed by atoms with Crippen molar-refractivity contribution in [3.63, 3.8) is 0 Å². The Labute approximate surface area is 151 Å². The first-order chi connectivity index (χ1) is 11.9. The van der Waals surface area contributed by atoms with Crippen LogP contribution in [0, 0.1) is 0 Å². The summed E-state index contributed by atoms with van der Waals surface area (Å²) in [6, 6.07) is 12.4. The van der Waals surface area contributed by atoms with Crippen molar-refractivity contribution in [1.82, 2.24) is 4.72 Å². The molecule has 0 aliphatic heterocycles. The fourth-order valence-corrected chi connectivity index (χ4v) is 3.15. The minimum absolute atomic E-state index is 0.00968. The molecule has 0 radical (unpaired) electrons. The molecule has 8 heteroatoms. The summed E-state index contributed by atoms with van der Waals surface area (Å²) >= 11 is 5.78. The Bertz CT molecular complexity index is 821. The summed E-state index contributed by atoms with van der Waals surface area (Å²) in [4.78, 5) is 11.7. The van der Waals surface area contributed by atoms with Gasteiger partial charge in [0.2, 0.25) is 10.0 Å². The quantitative estimate of drug-likeness (QED) is 0.560. The number of rotatable bonds is 8. The van der Waals surface area contributed by atoms with Gasteiger partial charge in [0.15, 0.2) is 0 Å².